The van der Waals surface area contributed by atoms with Gasteiger partial charge in [0.25, 0.3) is 0 Å². The number of hydrogen-bond donors (Lipinski definition) is 2. The van der Waals surface area contributed by atoms with Gasteiger partial charge in [0.1, 0.15) is 6.61 Å². The Morgan fingerprint density at radius 2 is 2.21 bits per heavy atom. The van der Waals surface area contributed by atoms with Crippen LogP contribution in [0, 0.1) is 5.41 Å². The molecule has 0 radical (unpaired) electrons. The SMILES string of the molecule is CC(=O)OCc1csc(NC2CCN(C(=O)O)C(C(C)(C)C)C2)n1. The van der Waals surface area contributed by atoms with Gasteiger partial charge in [-0.15, -0.1) is 11.3 Å². The molecule has 0 aromatic carbocycles. The summed E-state index contributed by atoms with van der Waals surface area (Å²) in [6.07, 6.45) is 0.637. The predicted octanol–water partition coefficient (Wildman–Crippen LogP) is 3.18. The lowest BCUT2D eigenvalue weighted by Crippen LogP contribution is -2.54. The molecule has 1 aliphatic heterocycles. The molecule has 24 heavy (non-hydrogen) atoms. The van der Waals surface area contributed by atoms with Crippen LogP contribution in [0.15, 0.2) is 5.38 Å². The molecule has 134 valence electrons. The average molecular weight is 355 g/mol. The molecule has 1 saturated heterocycles. The van der Waals surface area contributed by atoms with Crippen molar-refractivity contribution in [1.82, 2.24) is 9.88 Å². The van der Waals surface area contributed by atoms with Crippen molar-refractivity contribution in [3.8, 4) is 0 Å². The molecule has 0 aliphatic carbocycles. The van der Waals surface area contributed by atoms with E-state index in [-0.39, 0.29) is 30.1 Å². The van der Waals surface area contributed by atoms with Gasteiger partial charge in [0.05, 0.1) is 5.69 Å². The summed E-state index contributed by atoms with van der Waals surface area (Å²) in [5.74, 6) is -0.327. The zero-order valence-corrected chi connectivity index (χ0v) is 15.4. The van der Waals surface area contributed by atoms with Crippen LogP contribution in [0.4, 0.5) is 9.93 Å². The molecule has 2 unspecified atom stereocenters. The van der Waals surface area contributed by atoms with E-state index in [1.165, 1.54) is 18.3 Å². The molecule has 7 nitrogen and oxygen atoms in total. The van der Waals surface area contributed by atoms with Gasteiger partial charge in [-0.3, -0.25) is 4.79 Å². The van der Waals surface area contributed by atoms with Crippen molar-refractivity contribution in [1.29, 1.82) is 0 Å². The first-order valence-electron chi connectivity index (χ1n) is 8.00. The second-order valence-corrected chi connectivity index (χ2v) is 8.01. The fourth-order valence-electron chi connectivity index (χ4n) is 2.94. The maximum atomic E-state index is 11.5. The molecule has 1 fully saturated rings. The number of thiazole rings is 1. The minimum absolute atomic E-state index is 0.0401. The zero-order chi connectivity index (χ0) is 17.9. The van der Waals surface area contributed by atoms with Crippen LogP contribution in [0.25, 0.3) is 0 Å². The molecule has 0 bridgehead atoms. The van der Waals surface area contributed by atoms with E-state index in [0.29, 0.717) is 12.2 Å². The number of likely N-dealkylation sites (tertiary alicyclic amines) is 1. The van der Waals surface area contributed by atoms with E-state index in [1.54, 1.807) is 4.90 Å². The van der Waals surface area contributed by atoms with Gasteiger partial charge in [-0.25, -0.2) is 9.78 Å². The second kappa shape index (κ2) is 7.38. The van der Waals surface area contributed by atoms with Gasteiger partial charge in [-0.2, -0.15) is 0 Å². The smallest absolute Gasteiger partial charge is 0.407 e. The first kappa shape index (κ1) is 18.5. The minimum atomic E-state index is -0.855. The molecule has 0 spiro atoms. The van der Waals surface area contributed by atoms with E-state index >= 15 is 0 Å². The van der Waals surface area contributed by atoms with Crippen molar-refractivity contribution in [2.75, 3.05) is 11.9 Å². The number of hydrogen-bond acceptors (Lipinski definition) is 6. The maximum absolute atomic E-state index is 11.5. The van der Waals surface area contributed by atoms with E-state index in [0.717, 1.165) is 18.0 Å². The van der Waals surface area contributed by atoms with Crippen LogP contribution in [0.1, 0.15) is 46.2 Å². The van der Waals surface area contributed by atoms with Crippen LogP contribution < -0.4 is 5.32 Å². The topological polar surface area (TPSA) is 91.8 Å². The Balaban J connectivity index is 1.98. The van der Waals surface area contributed by atoms with Crippen LogP contribution in [0.5, 0.6) is 0 Å². The lowest BCUT2D eigenvalue weighted by Gasteiger charge is -2.44. The number of rotatable bonds is 4. The average Bonchev–Trinajstić information content (AvgIpc) is 2.91. The molecular weight excluding hydrogens is 330 g/mol. The quantitative estimate of drug-likeness (QED) is 0.806. The zero-order valence-electron chi connectivity index (χ0n) is 14.5. The van der Waals surface area contributed by atoms with E-state index in [1.807, 2.05) is 5.38 Å². The number of anilines is 1. The number of carboxylic acid groups (broad SMARTS) is 1. The summed E-state index contributed by atoms with van der Waals surface area (Å²) in [6, 6.07) is 0.138. The Kier molecular flexibility index (Phi) is 5.69. The lowest BCUT2D eigenvalue weighted by molar-refractivity contribution is -0.142. The third kappa shape index (κ3) is 4.83. The minimum Gasteiger partial charge on any atom is -0.465 e. The summed E-state index contributed by atoms with van der Waals surface area (Å²) < 4.78 is 4.94. The van der Waals surface area contributed by atoms with Gasteiger partial charge in [-0.1, -0.05) is 20.8 Å². The molecular formula is C16H25N3O4S. The Bertz CT molecular complexity index is 596. The number of esters is 1. The molecule has 2 rings (SSSR count). The summed E-state index contributed by atoms with van der Waals surface area (Å²) in [6.45, 7) is 8.26. The first-order valence-corrected chi connectivity index (χ1v) is 8.88. The van der Waals surface area contributed by atoms with E-state index in [2.05, 4.69) is 31.1 Å². The number of nitrogens with zero attached hydrogens (tertiary/aromatic N) is 2. The van der Waals surface area contributed by atoms with Crippen LogP contribution in [0.3, 0.4) is 0 Å². The summed E-state index contributed by atoms with van der Waals surface area (Å²) in [5, 5.41) is 15.4. The summed E-state index contributed by atoms with van der Waals surface area (Å²) >= 11 is 1.47. The highest BCUT2D eigenvalue weighted by atomic mass is 32.1. The fourth-order valence-corrected chi connectivity index (χ4v) is 3.71. The molecule has 2 N–H and O–H groups in total. The number of nitrogens with one attached hydrogen (secondary N) is 1. The number of ether oxygens (including phenoxy) is 1. The van der Waals surface area contributed by atoms with Gasteiger partial charge in [-0.05, 0) is 18.3 Å². The standard InChI is InChI=1S/C16H25N3O4S/c1-10(20)23-8-12-9-24-14(18-12)17-11-5-6-19(15(21)22)13(7-11)16(2,3)4/h9,11,13H,5-8H2,1-4H3,(H,17,18)(H,21,22). The van der Waals surface area contributed by atoms with Crippen molar-refractivity contribution in [3.05, 3.63) is 11.1 Å². The number of carbonyl (C=O) groups excluding carboxylic acids is 1. The molecule has 0 saturated carbocycles. The Morgan fingerprint density at radius 3 is 2.79 bits per heavy atom. The molecule has 1 amide bonds. The molecule has 1 aromatic heterocycles. The van der Waals surface area contributed by atoms with Crippen molar-refractivity contribution in [3.63, 3.8) is 0 Å². The van der Waals surface area contributed by atoms with Crippen LogP contribution >= 0.6 is 11.3 Å². The van der Waals surface area contributed by atoms with Crippen molar-refractivity contribution in [2.45, 2.75) is 59.2 Å². The fraction of sp³-hybridized carbons (Fsp3) is 0.688. The monoisotopic (exact) mass is 355 g/mol. The second-order valence-electron chi connectivity index (χ2n) is 7.15. The Hall–Kier alpha value is -1.83. The first-order chi connectivity index (χ1) is 11.2. The molecule has 1 aromatic rings. The van der Waals surface area contributed by atoms with Gasteiger partial charge >= 0.3 is 12.1 Å². The summed E-state index contributed by atoms with van der Waals surface area (Å²) in [4.78, 5) is 28.3. The van der Waals surface area contributed by atoms with Gasteiger partial charge < -0.3 is 20.1 Å². The molecule has 2 atom stereocenters. The Morgan fingerprint density at radius 1 is 1.50 bits per heavy atom. The summed E-state index contributed by atoms with van der Waals surface area (Å²) in [7, 11) is 0. The van der Waals surface area contributed by atoms with E-state index in [4.69, 9.17) is 4.74 Å². The van der Waals surface area contributed by atoms with E-state index in [9.17, 15) is 14.7 Å². The van der Waals surface area contributed by atoms with Crippen molar-refractivity contribution in [2.24, 2.45) is 5.41 Å². The van der Waals surface area contributed by atoms with Gasteiger partial charge in [0.15, 0.2) is 5.13 Å². The number of amides is 1. The largest absolute Gasteiger partial charge is 0.465 e. The normalized spacial score (nSPS) is 21.4. The van der Waals surface area contributed by atoms with Crippen LogP contribution in [-0.4, -0.2) is 45.7 Å². The van der Waals surface area contributed by atoms with Crippen molar-refractivity contribution >= 4 is 28.5 Å². The summed E-state index contributed by atoms with van der Waals surface area (Å²) in [5.41, 5.74) is 0.593. The van der Waals surface area contributed by atoms with E-state index < -0.39 is 6.09 Å². The van der Waals surface area contributed by atoms with Crippen LogP contribution in [0.2, 0.25) is 0 Å². The predicted molar refractivity (Wildman–Crippen MR) is 92.2 cm³/mol. The lowest BCUT2D eigenvalue weighted by atomic mass is 9.79. The molecule has 2 heterocycles. The van der Waals surface area contributed by atoms with Crippen LogP contribution in [-0.2, 0) is 16.1 Å². The highest BCUT2D eigenvalue weighted by Crippen LogP contribution is 2.33. The number of piperidine rings is 1. The van der Waals surface area contributed by atoms with Gasteiger partial charge in [0, 0.05) is 30.9 Å². The highest BCUT2D eigenvalue weighted by Gasteiger charge is 2.38. The van der Waals surface area contributed by atoms with Gasteiger partial charge in [0.2, 0.25) is 0 Å². The third-order valence-electron chi connectivity index (χ3n) is 4.15. The maximum Gasteiger partial charge on any atom is 0.407 e. The molecule has 1 aliphatic rings. The Labute approximate surface area is 146 Å². The van der Waals surface area contributed by atoms with Crippen molar-refractivity contribution < 1.29 is 19.4 Å². The highest BCUT2D eigenvalue weighted by molar-refractivity contribution is 7.13. The number of carbonyl (C=O) groups is 2. The third-order valence-corrected chi connectivity index (χ3v) is 4.97. The number of aromatic nitrogens is 1. The molecule has 8 heteroatoms.